The van der Waals surface area contributed by atoms with Crippen LogP contribution >= 0.6 is 23.2 Å². The first-order valence-electron chi connectivity index (χ1n) is 6.26. The fourth-order valence-corrected chi connectivity index (χ4v) is 2.62. The van der Waals surface area contributed by atoms with Gasteiger partial charge in [-0.25, -0.2) is 5.53 Å². The van der Waals surface area contributed by atoms with Crippen LogP contribution in [0, 0.1) is 5.53 Å². The molecule has 2 atom stereocenters. The second-order valence-corrected chi connectivity index (χ2v) is 5.51. The van der Waals surface area contributed by atoms with Crippen LogP contribution in [0.2, 0.25) is 10.0 Å². The third-order valence-electron chi connectivity index (χ3n) is 3.21. The monoisotopic (exact) mass is 328 g/mol. The van der Waals surface area contributed by atoms with Crippen LogP contribution in [0.3, 0.4) is 0 Å². The Bertz CT molecular complexity index is 592. The summed E-state index contributed by atoms with van der Waals surface area (Å²) >= 11 is 11.9. The van der Waals surface area contributed by atoms with Gasteiger partial charge in [-0.2, -0.15) is 5.11 Å². The van der Waals surface area contributed by atoms with Gasteiger partial charge in [0.25, 0.3) is 0 Å². The molecule has 1 fully saturated rings. The highest BCUT2D eigenvalue weighted by molar-refractivity contribution is 6.35. The molecule has 1 unspecified atom stereocenters. The number of nitrogens with zero attached hydrogens (tertiary/aromatic N) is 1. The Labute approximate surface area is 131 Å². The smallest absolute Gasteiger partial charge is 0.320 e. The van der Waals surface area contributed by atoms with Crippen LogP contribution in [0.1, 0.15) is 12.0 Å². The first kappa shape index (κ1) is 15.8. The van der Waals surface area contributed by atoms with Gasteiger partial charge in [0, 0.05) is 29.4 Å². The second-order valence-electron chi connectivity index (χ2n) is 4.66. The van der Waals surface area contributed by atoms with Crippen molar-refractivity contribution >= 4 is 34.9 Å². The Balaban J connectivity index is 2.08. The molecule has 1 saturated heterocycles. The molecule has 1 aliphatic heterocycles. The zero-order valence-electron chi connectivity index (χ0n) is 10.9. The van der Waals surface area contributed by atoms with E-state index in [0.717, 1.165) is 0 Å². The molecule has 4 N–H and O–H groups in total. The molecule has 0 radical (unpaired) electrons. The molecule has 0 amide bonds. The van der Waals surface area contributed by atoms with Gasteiger partial charge in [0.05, 0.1) is 5.02 Å². The lowest BCUT2D eigenvalue weighted by Crippen LogP contribution is -2.30. The quantitative estimate of drug-likeness (QED) is 0.624. The van der Waals surface area contributed by atoms with E-state index in [-0.39, 0.29) is 6.04 Å². The molecule has 1 aliphatic rings. The maximum Gasteiger partial charge on any atom is 0.320 e. The van der Waals surface area contributed by atoms with Crippen molar-refractivity contribution in [3.8, 4) is 0 Å². The van der Waals surface area contributed by atoms with Gasteiger partial charge in [0.2, 0.25) is 0 Å². The molecule has 0 spiro atoms. The SMILES string of the molecule is N=N/C(=C\NC1CN[C@H](C(=O)O)C1)c1ccc(Cl)cc1Cl. The molecule has 6 nitrogen and oxygen atoms in total. The number of carbonyl (C=O) groups is 1. The highest BCUT2D eigenvalue weighted by atomic mass is 35.5. The lowest BCUT2D eigenvalue weighted by molar-refractivity contribution is -0.139. The fraction of sp³-hybridized carbons (Fsp3) is 0.308. The minimum absolute atomic E-state index is 0.0334. The van der Waals surface area contributed by atoms with Gasteiger partial charge in [-0.05, 0) is 24.6 Å². The number of hydrogen-bond donors (Lipinski definition) is 4. The van der Waals surface area contributed by atoms with E-state index in [1.165, 1.54) is 0 Å². The predicted molar refractivity (Wildman–Crippen MR) is 80.6 cm³/mol. The van der Waals surface area contributed by atoms with Crippen molar-refractivity contribution in [1.82, 2.24) is 10.6 Å². The first-order valence-corrected chi connectivity index (χ1v) is 7.02. The normalized spacial score (nSPS) is 22.1. The summed E-state index contributed by atoms with van der Waals surface area (Å²) in [6.45, 7) is 0.535. The van der Waals surface area contributed by atoms with Crippen LogP contribution < -0.4 is 10.6 Å². The molecule has 2 rings (SSSR count). The van der Waals surface area contributed by atoms with Gasteiger partial charge < -0.3 is 15.7 Å². The van der Waals surface area contributed by atoms with Crippen LogP contribution in [0.25, 0.3) is 5.70 Å². The summed E-state index contributed by atoms with van der Waals surface area (Å²) in [7, 11) is 0. The largest absolute Gasteiger partial charge is 0.480 e. The Morgan fingerprint density at radius 2 is 2.29 bits per heavy atom. The van der Waals surface area contributed by atoms with E-state index in [2.05, 4.69) is 15.7 Å². The number of carboxylic acids is 1. The van der Waals surface area contributed by atoms with Crippen LogP contribution in [0.15, 0.2) is 29.5 Å². The van der Waals surface area contributed by atoms with Crippen LogP contribution in [0.4, 0.5) is 0 Å². The highest BCUT2D eigenvalue weighted by Crippen LogP contribution is 2.27. The number of benzene rings is 1. The van der Waals surface area contributed by atoms with E-state index in [4.69, 9.17) is 33.8 Å². The lowest BCUT2D eigenvalue weighted by atomic mass is 10.1. The van der Waals surface area contributed by atoms with Crippen molar-refractivity contribution in [2.24, 2.45) is 5.11 Å². The van der Waals surface area contributed by atoms with Crippen molar-refractivity contribution in [2.45, 2.75) is 18.5 Å². The Morgan fingerprint density at radius 3 is 2.86 bits per heavy atom. The molecule has 21 heavy (non-hydrogen) atoms. The Kier molecular flexibility index (Phi) is 5.17. The van der Waals surface area contributed by atoms with Gasteiger partial charge in [0.1, 0.15) is 11.7 Å². The van der Waals surface area contributed by atoms with Gasteiger partial charge in [0.15, 0.2) is 0 Å². The standard InChI is InChI=1S/C13H14Cl2N4O2/c14-7-1-2-9(10(15)3-7)12(19-16)6-17-8-4-11(13(20)21)18-5-8/h1-3,6,8,11,16-18H,4-5H2,(H,20,21)/b12-6-,19-16?/t8?,11-/m0/s1. The summed E-state index contributed by atoms with van der Waals surface area (Å²) in [6.07, 6.45) is 2.03. The number of rotatable bonds is 5. The molecule has 1 heterocycles. The van der Waals surface area contributed by atoms with Crippen LogP contribution in [-0.4, -0.2) is 29.7 Å². The Morgan fingerprint density at radius 1 is 1.52 bits per heavy atom. The zero-order chi connectivity index (χ0) is 15.4. The number of carboxylic acid groups (broad SMARTS) is 1. The van der Waals surface area contributed by atoms with Crippen LogP contribution in [0.5, 0.6) is 0 Å². The molecule has 0 aromatic heterocycles. The zero-order valence-corrected chi connectivity index (χ0v) is 12.4. The third kappa shape index (κ3) is 3.93. The summed E-state index contributed by atoms with van der Waals surface area (Å²) in [5.74, 6) is -0.866. The van der Waals surface area contributed by atoms with Crippen molar-refractivity contribution in [2.75, 3.05) is 6.54 Å². The number of hydrogen-bond acceptors (Lipinski definition) is 5. The van der Waals surface area contributed by atoms with Gasteiger partial charge in [-0.15, -0.1) is 0 Å². The van der Waals surface area contributed by atoms with E-state index in [9.17, 15) is 4.79 Å². The van der Waals surface area contributed by atoms with Crippen molar-refractivity contribution in [3.05, 3.63) is 40.0 Å². The molecule has 112 valence electrons. The lowest BCUT2D eigenvalue weighted by Gasteiger charge is -2.10. The summed E-state index contributed by atoms with van der Waals surface area (Å²) in [4.78, 5) is 10.9. The van der Waals surface area contributed by atoms with Gasteiger partial charge in [-0.3, -0.25) is 4.79 Å². The minimum atomic E-state index is -0.866. The topological polar surface area (TPSA) is 97.6 Å². The van der Waals surface area contributed by atoms with Gasteiger partial charge in [-0.1, -0.05) is 23.2 Å². The number of aliphatic carboxylic acids is 1. The summed E-state index contributed by atoms with van der Waals surface area (Å²) < 4.78 is 0. The molecule has 1 aromatic carbocycles. The molecule has 8 heteroatoms. The molecular weight excluding hydrogens is 315 g/mol. The summed E-state index contributed by atoms with van der Waals surface area (Å²) in [6, 6.07) is 4.35. The molecule has 1 aromatic rings. The Hall–Kier alpha value is -1.63. The molecule has 0 saturated carbocycles. The van der Waals surface area contributed by atoms with E-state index < -0.39 is 12.0 Å². The van der Waals surface area contributed by atoms with E-state index in [1.807, 2.05) is 0 Å². The van der Waals surface area contributed by atoms with E-state index in [1.54, 1.807) is 24.4 Å². The van der Waals surface area contributed by atoms with Crippen LogP contribution in [-0.2, 0) is 4.79 Å². The third-order valence-corrected chi connectivity index (χ3v) is 3.76. The molecular formula is C13H14Cl2N4O2. The van der Waals surface area contributed by atoms with Crippen molar-refractivity contribution < 1.29 is 9.90 Å². The van der Waals surface area contributed by atoms with E-state index >= 15 is 0 Å². The fourth-order valence-electron chi connectivity index (χ4n) is 2.12. The van der Waals surface area contributed by atoms with E-state index in [0.29, 0.717) is 34.3 Å². The highest BCUT2D eigenvalue weighted by Gasteiger charge is 2.28. The minimum Gasteiger partial charge on any atom is -0.480 e. The maximum atomic E-state index is 10.9. The average Bonchev–Trinajstić information content (AvgIpc) is 2.90. The second kappa shape index (κ2) is 6.89. The summed E-state index contributed by atoms with van der Waals surface area (Å²) in [5.41, 5.74) is 8.19. The predicted octanol–water partition coefficient (Wildman–Crippen LogP) is 2.73. The van der Waals surface area contributed by atoms with Crippen molar-refractivity contribution in [1.29, 1.82) is 5.53 Å². The molecule has 0 bridgehead atoms. The first-order chi connectivity index (χ1) is 10.0. The van der Waals surface area contributed by atoms with Crippen molar-refractivity contribution in [3.63, 3.8) is 0 Å². The van der Waals surface area contributed by atoms with Gasteiger partial charge >= 0.3 is 5.97 Å². The average molecular weight is 329 g/mol. The number of nitrogens with one attached hydrogen (secondary N) is 3. The molecule has 0 aliphatic carbocycles. The number of halogens is 2. The maximum absolute atomic E-state index is 10.9. The summed E-state index contributed by atoms with van der Waals surface area (Å²) in [5, 5.41) is 19.2.